The van der Waals surface area contributed by atoms with E-state index in [-0.39, 0.29) is 12.5 Å². The van der Waals surface area contributed by atoms with Crippen LogP contribution in [0.2, 0.25) is 0 Å². The molecule has 7 nitrogen and oxygen atoms in total. The molecule has 8 heteroatoms. The summed E-state index contributed by atoms with van der Waals surface area (Å²) in [6, 6.07) is 6.03. The van der Waals surface area contributed by atoms with E-state index in [1.807, 2.05) is 52.0 Å². The number of amidine groups is 1. The summed E-state index contributed by atoms with van der Waals surface area (Å²) in [7, 11) is -0.443. The van der Waals surface area contributed by atoms with Gasteiger partial charge in [0.25, 0.3) is 0 Å². The maximum absolute atomic E-state index is 12.6. The van der Waals surface area contributed by atoms with Gasteiger partial charge in [-0.15, -0.1) is 0 Å². The molecule has 0 atom stereocenters. The second-order valence-corrected chi connectivity index (χ2v) is 8.28. The van der Waals surface area contributed by atoms with Crippen LogP contribution in [-0.4, -0.2) is 54.4 Å². The number of aliphatic imine (C=N–C) groups is 1. The number of carbonyl (C=O) groups excluding carboxylic acids is 1. The van der Waals surface area contributed by atoms with Gasteiger partial charge in [-0.2, -0.15) is 0 Å². The molecule has 0 saturated carbocycles. The van der Waals surface area contributed by atoms with Crippen LogP contribution in [0, 0.1) is 5.41 Å². The minimum absolute atomic E-state index is 0.0419. The molecule has 146 valence electrons. The minimum Gasteiger partial charge on any atom is -0.399 e. The molecule has 1 fully saturated rings. The third kappa shape index (κ3) is 2.97. The van der Waals surface area contributed by atoms with Crippen molar-refractivity contribution in [3.05, 3.63) is 35.4 Å². The topological polar surface area (TPSA) is 87.0 Å². The fourth-order valence-electron chi connectivity index (χ4n) is 3.79. The fourth-order valence-corrected chi connectivity index (χ4v) is 3.79. The van der Waals surface area contributed by atoms with Crippen LogP contribution in [0.25, 0.3) is 5.70 Å². The Morgan fingerprint density at radius 1 is 1.25 bits per heavy atom. The van der Waals surface area contributed by atoms with Gasteiger partial charge in [-0.1, -0.05) is 18.2 Å². The maximum Gasteiger partial charge on any atom is 0.495 e. The number of hydrogen-bond acceptors (Lipinski definition) is 5. The predicted molar refractivity (Wildman–Crippen MR) is 110 cm³/mol. The molecule has 0 spiro atoms. The van der Waals surface area contributed by atoms with Gasteiger partial charge in [-0.25, -0.2) is 0 Å². The summed E-state index contributed by atoms with van der Waals surface area (Å²) in [5.41, 5.74) is 3.10. The quantitative estimate of drug-likeness (QED) is 0.460. The molecule has 1 aromatic carbocycles. The van der Waals surface area contributed by atoms with E-state index in [0.717, 1.165) is 35.0 Å². The van der Waals surface area contributed by atoms with Crippen LogP contribution in [-0.2, 0) is 20.5 Å². The van der Waals surface area contributed by atoms with Gasteiger partial charge >= 0.3 is 7.12 Å². The zero-order valence-electron chi connectivity index (χ0n) is 16.7. The molecule has 4 rings (SSSR count). The van der Waals surface area contributed by atoms with Crippen molar-refractivity contribution in [2.45, 2.75) is 45.3 Å². The Labute approximate surface area is 165 Å². The number of hydrogen-bond donors (Lipinski definition) is 2. The highest BCUT2D eigenvalue weighted by molar-refractivity contribution is 6.62. The van der Waals surface area contributed by atoms with Crippen LogP contribution in [0.4, 0.5) is 0 Å². The summed E-state index contributed by atoms with van der Waals surface area (Å²) in [4.78, 5) is 18.6. The first kappa shape index (κ1) is 18.9. The van der Waals surface area contributed by atoms with E-state index >= 15 is 0 Å². The lowest BCUT2D eigenvalue weighted by molar-refractivity contribution is -0.126. The third-order valence-corrected chi connectivity index (χ3v) is 6.05. The largest absolute Gasteiger partial charge is 0.495 e. The summed E-state index contributed by atoms with van der Waals surface area (Å²) < 4.78 is 12.5. The van der Waals surface area contributed by atoms with Crippen molar-refractivity contribution in [3.63, 3.8) is 0 Å². The SMILES string of the molecule is CC1(C)OB(c2cccc3c2CCN2C(=O)CN=C(NC=N)C=C32)OC1(C)C. The number of fused-ring (bicyclic) bond motifs is 3. The first-order valence-corrected chi connectivity index (χ1v) is 9.53. The average Bonchev–Trinajstić information content (AvgIpc) is 2.76. The van der Waals surface area contributed by atoms with Crippen LogP contribution in [0.15, 0.2) is 29.3 Å². The van der Waals surface area contributed by atoms with Crippen molar-refractivity contribution in [2.24, 2.45) is 4.99 Å². The molecule has 0 bridgehead atoms. The molecule has 0 aliphatic carbocycles. The second-order valence-electron chi connectivity index (χ2n) is 8.28. The smallest absolute Gasteiger partial charge is 0.399 e. The Balaban J connectivity index is 1.77. The molecule has 0 radical (unpaired) electrons. The van der Waals surface area contributed by atoms with E-state index < -0.39 is 18.3 Å². The van der Waals surface area contributed by atoms with Gasteiger partial charge in [0.05, 0.1) is 23.2 Å². The van der Waals surface area contributed by atoms with E-state index in [0.29, 0.717) is 12.4 Å². The monoisotopic (exact) mass is 380 g/mol. The Bertz CT molecular complexity index is 891. The van der Waals surface area contributed by atoms with E-state index in [4.69, 9.17) is 14.7 Å². The fraction of sp³-hybridized carbons (Fsp3) is 0.450. The maximum atomic E-state index is 12.6. The Kier molecular flexibility index (Phi) is 4.43. The van der Waals surface area contributed by atoms with E-state index in [9.17, 15) is 4.79 Å². The standard InChI is InChI=1S/C20H25BN4O3/c1-19(2)20(3,4)28-21(27-19)15-7-5-6-14-13(15)8-9-25-16(14)10-17(24-12-22)23-11-18(25)26/h5-7,10,12H,8-9,11H2,1-4H3,(H2,22,23,24). The molecule has 1 amide bonds. The first-order chi connectivity index (χ1) is 13.2. The van der Waals surface area contributed by atoms with E-state index in [1.54, 1.807) is 4.90 Å². The molecule has 3 aliphatic rings. The summed E-state index contributed by atoms with van der Waals surface area (Å²) in [6.07, 6.45) is 3.63. The highest BCUT2D eigenvalue weighted by Crippen LogP contribution is 2.38. The molecular formula is C20H25BN4O3. The van der Waals surface area contributed by atoms with Gasteiger partial charge in [0.1, 0.15) is 12.4 Å². The van der Waals surface area contributed by atoms with Crippen molar-refractivity contribution in [1.29, 1.82) is 5.41 Å². The second kappa shape index (κ2) is 6.56. The van der Waals surface area contributed by atoms with Gasteiger partial charge in [-0.05, 0) is 45.1 Å². The highest BCUT2D eigenvalue weighted by Gasteiger charge is 2.52. The minimum atomic E-state index is -0.443. The van der Waals surface area contributed by atoms with Gasteiger partial charge in [-0.3, -0.25) is 15.2 Å². The molecule has 28 heavy (non-hydrogen) atoms. The normalized spacial score (nSPS) is 22.6. The van der Waals surface area contributed by atoms with Gasteiger partial charge in [0.2, 0.25) is 5.91 Å². The summed E-state index contributed by atoms with van der Waals surface area (Å²) in [5.74, 6) is 0.467. The molecule has 0 aromatic heterocycles. The molecule has 1 saturated heterocycles. The van der Waals surface area contributed by atoms with Gasteiger partial charge in [0, 0.05) is 18.2 Å². The summed E-state index contributed by atoms with van der Waals surface area (Å²) in [6.45, 7) is 8.83. The number of nitrogens with zero attached hydrogens (tertiary/aromatic N) is 2. The Morgan fingerprint density at radius 3 is 2.64 bits per heavy atom. The van der Waals surface area contributed by atoms with Crippen LogP contribution < -0.4 is 10.8 Å². The lowest BCUT2D eigenvalue weighted by Crippen LogP contribution is -2.42. The summed E-state index contributed by atoms with van der Waals surface area (Å²) in [5, 5.41) is 10.1. The van der Waals surface area contributed by atoms with E-state index in [1.165, 1.54) is 0 Å². The molecule has 3 aliphatic heterocycles. The van der Waals surface area contributed by atoms with Gasteiger partial charge in [0.15, 0.2) is 0 Å². The Hall–Kier alpha value is -2.45. The predicted octanol–water partition coefficient (Wildman–Crippen LogP) is 1.32. The molecule has 3 heterocycles. The van der Waals surface area contributed by atoms with Crippen molar-refractivity contribution in [1.82, 2.24) is 10.2 Å². The van der Waals surface area contributed by atoms with Gasteiger partial charge < -0.3 is 19.5 Å². The lowest BCUT2D eigenvalue weighted by Gasteiger charge is -2.32. The number of nitrogens with one attached hydrogen (secondary N) is 2. The van der Waals surface area contributed by atoms with Crippen LogP contribution in [0.3, 0.4) is 0 Å². The van der Waals surface area contributed by atoms with Crippen LogP contribution in [0.1, 0.15) is 38.8 Å². The Morgan fingerprint density at radius 2 is 1.96 bits per heavy atom. The molecule has 2 N–H and O–H groups in total. The lowest BCUT2D eigenvalue weighted by atomic mass is 9.72. The number of carbonyl (C=O) groups is 1. The van der Waals surface area contributed by atoms with E-state index in [2.05, 4.69) is 10.3 Å². The van der Waals surface area contributed by atoms with Crippen molar-refractivity contribution in [2.75, 3.05) is 13.1 Å². The van der Waals surface area contributed by atoms with Crippen molar-refractivity contribution < 1.29 is 14.1 Å². The average molecular weight is 380 g/mol. The highest BCUT2D eigenvalue weighted by atomic mass is 16.7. The van der Waals surface area contributed by atoms with Crippen molar-refractivity contribution in [3.8, 4) is 0 Å². The molecule has 0 unspecified atom stereocenters. The third-order valence-electron chi connectivity index (χ3n) is 6.05. The molecular weight excluding hydrogens is 355 g/mol. The summed E-state index contributed by atoms with van der Waals surface area (Å²) >= 11 is 0. The zero-order valence-corrected chi connectivity index (χ0v) is 16.7. The number of amides is 1. The first-order valence-electron chi connectivity index (χ1n) is 9.53. The number of rotatable bonds is 2. The number of benzene rings is 1. The van der Waals surface area contributed by atoms with Crippen molar-refractivity contribution >= 4 is 36.4 Å². The molecule has 1 aromatic rings. The van der Waals surface area contributed by atoms with Crippen LogP contribution >= 0.6 is 0 Å². The zero-order chi connectivity index (χ0) is 20.1. The van der Waals surface area contributed by atoms with Crippen LogP contribution in [0.5, 0.6) is 0 Å².